The quantitative estimate of drug-likeness (QED) is 0.838. The van der Waals surface area contributed by atoms with Crippen molar-refractivity contribution in [2.24, 2.45) is 0 Å². The van der Waals surface area contributed by atoms with Crippen molar-refractivity contribution in [3.63, 3.8) is 0 Å². The maximum atomic E-state index is 12.4. The van der Waals surface area contributed by atoms with E-state index in [0.717, 1.165) is 38.3 Å². The molecule has 1 amide bonds. The van der Waals surface area contributed by atoms with Gasteiger partial charge in [0, 0.05) is 32.7 Å². The molecule has 1 fully saturated rings. The molecule has 2 aromatic rings. The lowest BCUT2D eigenvalue weighted by Gasteiger charge is -2.34. The molecule has 25 heavy (non-hydrogen) atoms. The Morgan fingerprint density at radius 3 is 2.48 bits per heavy atom. The highest BCUT2D eigenvalue weighted by molar-refractivity contribution is 5.83. The van der Waals surface area contributed by atoms with Gasteiger partial charge < -0.3 is 10.4 Å². The van der Waals surface area contributed by atoms with Gasteiger partial charge in [0.25, 0.3) is 0 Å². The Labute approximate surface area is 149 Å². The molecule has 1 heterocycles. The predicted octanol–water partition coefficient (Wildman–Crippen LogP) is 1.63. The van der Waals surface area contributed by atoms with Gasteiger partial charge in [0.2, 0.25) is 5.91 Å². The lowest BCUT2D eigenvalue weighted by atomic mass is 10.0. The molecule has 1 atom stereocenters. The standard InChI is InChI=1S/C20H27N3O2/c1-16(18-7-6-17-4-2-3-5-19(17)14-18)21-20(25)15-23-10-8-22(9-11-23)12-13-24/h2-7,14,16,24H,8-13,15H2,1H3,(H,21,25)/t16-/m1/s1. The fourth-order valence-electron chi connectivity index (χ4n) is 3.36. The highest BCUT2D eigenvalue weighted by Crippen LogP contribution is 2.20. The maximum absolute atomic E-state index is 12.4. The van der Waals surface area contributed by atoms with Crippen LogP contribution in [0.1, 0.15) is 18.5 Å². The van der Waals surface area contributed by atoms with Gasteiger partial charge in [-0.25, -0.2) is 0 Å². The lowest BCUT2D eigenvalue weighted by molar-refractivity contribution is -0.123. The normalized spacial score (nSPS) is 17.5. The summed E-state index contributed by atoms with van der Waals surface area (Å²) >= 11 is 0. The van der Waals surface area contributed by atoms with E-state index < -0.39 is 0 Å². The first-order chi connectivity index (χ1) is 12.2. The van der Waals surface area contributed by atoms with Gasteiger partial charge >= 0.3 is 0 Å². The van der Waals surface area contributed by atoms with Crippen molar-refractivity contribution in [1.82, 2.24) is 15.1 Å². The van der Waals surface area contributed by atoms with Gasteiger partial charge in [0.1, 0.15) is 0 Å². The SMILES string of the molecule is C[C@@H](NC(=O)CN1CCN(CCO)CC1)c1ccc2ccccc2c1. The van der Waals surface area contributed by atoms with Gasteiger partial charge in [0.05, 0.1) is 19.2 Å². The van der Waals surface area contributed by atoms with Gasteiger partial charge in [-0.05, 0) is 29.3 Å². The van der Waals surface area contributed by atoms with Crippen molar-refractivity contribution in [3.8, 4) is 0 Å². The van der Waals surface area contributed by atoms with Crippen LogP contribution in [0.2, 0.25) is 0 Å². The first-order valence-electron chi connectivity index (χ1n) is 8.99. The van der Waals surface area contributed by atoms with Crippen molar-refractivity contribution in [3.05, 3.63) is 48.0 Å². The summed E-state index contributed by atoms with van der Waals surface area (Å²) in [6, 6.07) is 14.6. The summed E-state index contributed by atoms with van der Waals surface area (Å²) in [4.78, 5) is 16.8. The summed E-state index contributed by atoms with van der Waals surface area (Å²) in [5.74, 6) is 0.0660. The average molecular weight is 341 g/mol. The van der Waals surface area contributed by atoms with Crippen LogP contribution in [0.25, 0.3) is 10.8 Å². The third kappa shape index (κ3) is 4.78. The van der Waals surface area contributed by atoms with E-state index in [-0.39, 0.29) is 18.6 Å². The molecule has 0 radical (unpaired) electrons. The van der Waals surface area contributed by atoms with E-state index in [4.69, 9.17) is 5.11 Å². The van der Waals surface area contributed by atoms with Crippen molar-refractivity contribution in [1.29, 1.82) is 0 Å². The molecule has 1 aliphatic heterocycles. The Kier molecular flexibility index (Phi) is 6.02. The first-order valence-corrected chi connectivity index (χ1v) is 8.99. The van der Waals surface area contributed by atoms with Crippen LogP contribution in [0, 0.1) is 0 Å². The molecule has 0 saturated carbocycles. The summed E-state index contributed by atoms with van der Waals surface area (Å²) < 4.78 is 0. The van der Waals surface area contributed by atoms with Crippen LogP contribution in [0.3, 0.4) is 0 Å². The van der Waals surface area contributed by atoms with E-state index in [1.807, 2.05) is 19.1 Å². The summed E-state index contributed by atoms with van der Waals surface area (Å²) in [6.07, 6.45) is 0. The van der Waals surface area contributed by atoms with Gasteiger partial charge in [0.15, 0.2) is 0 Å². The zero-order chi connectivity index (χ0) is 17.6. The molecule has 5 heteroatoms. The Morgan fingerprint density at radius 1 is 1.08 bits per heavy atom. The number of hydrogen-bond acceptors (Lipinski definition) is 4. The van der Waals surface area contributed by atoms with Gasteiger partial charge in [-0.15, -0.1) is 0 Å². The van der Waals surface area contributed by atoms with Gasteiger partial charge in [-0.1, -0.05) is 36.4 Å². The number of aliphatic hydroxyl groups is 1. The number of aliphatic hydroxyl groups excluding tert-OH is 1. The molecule has 134 valence electrons. The summed E-state index contributed by atoms with van der Waals surface area (Å²) in [6.45, 7) is 6.95. The third-order valence-corrected chi connectivity index (χ3v) is 4.90. The summed E-state index contributed by atoms with van der Waals surface area (Å²) in [5.41, 5.74) is 1.12. The number of nitrogens with zero attached hydrogens (tertiary/aromatic N) is 2. The zero-order valence-corrected chi connectivity index (χ0v) is 14.8. The molecule has 0 aliphatic carbocycles. The molecule has 2 N–H and O–H groups in total. The Hall–Kier alpha value is -1.95. The van der Waals surface area contributed by atoms with Crippen molar-refractivity contribution in [2.45, 2.75) is 13.0 Å². The second-order valence-electron chi connectivity index (χ2n) is 6.74. The largest absolute Gasteiger partial charge is 0.395 e. The van der Waals surface area contributed by atoms with E-state index in [1.54, 1.807) is 0 Å². The van der Waals surface area contributed by atoms with Gasteiger partial charge in [-0.3, -0.25) is 14.6 Å². The maximum Gasteiger partial charge on any atom is 0.234 e. The molecule has 0 unspecified atom stereocenters. The highest BCUT2D eigenvalue weighted by Gasteiger charge is 2.19. The fourth-order valence-corrected chi connectivity index (χ4v) is 3.36. The minimum absolute atomic E-state index is 0.00668. The predicted molar refractivity (Wildman–Crippen MR) is 100 cm³/mol. The van der Waals surface area contributed by atoms with Crippen LogP contribution in [-0.2, 0) is 4.79 Å². The molecule has 3 rings (SSSR count). The molecule has 0 aromatic heterocycles. The summed E-state index contributed by atoms with van der Waals surface area (Å²) in [5, 5.41) is 14.5. The number of amides is 1. The van der Waals surface area contributed by atoms with Crippen LogP contribution in [0.15, 0.2) is 42.5 Å². The van der Waals surface area contributed by atoms with Crippen molar-refractivity contribution in [2.75, 3.05) is 45.9 Å². The van der Waals surface area contributed by atoms with Crippen LogP contribution in [0.5, 0.6) is 0 Å². The zero-order valence-electron chi connectivity index (χ0n) is 14.8. The number of fused-ring (bicyclic) bond motifs is 1. The minimum Gasteiger partial charge on any atom is -0.395 e. The number of rotatable bonds is 6. The number of β-amino-alcohol motifs (C(OH)–C–C–N with tert-alkyl or cyclic N) is 1. The molecular weight excluding hydrogens is 314 g/mol. The number of nitrogens with one attached hydrogen (secondary N) is 1. The highest BCUT2D eigenvalue weighted by atomic mass is 16.3. The van der Waals surface area contributed by atoms with Crippen LogP contribution in [-0.4, -0.2) is 66.7 Å². The molecule has 0 bridgehead atoms. The van der Waals surface area contributed by atoms with Crippen molar-refractivity contribution < 1.29 is 9.90 Å². The molecule has 5 nitrogen and oxygen atoms in total. The number of hydrogen-bond donors (Lipinski definition) is 2. The van der Waals surface area contributed by atoms with Crippen LogP contribution >= 0.6 is 0 Å². The minimum atomic E-state index is -0.00668. The second-order valence-corrected chi connectivity index (χ2v) is 6.74. The number of piperazine rings is 1. The molecule has 1 saturated heterocycles. The Balaban J connectivity index is 1.51. The van der Waals surface area contributed by atoms with E-state index >= 15 is 0 Å². The number of carbonyl (C=O) groups is 1. The molecular formula is C20H27N3O2. The molecule has 0 spiro atoms. The second kappa shape index (κ2) is 8.43. The average Bonchev–Trinajstić information content (AvgIpc) is 2.63. The topological polar surface area (TPSA) is 55.8 Å². The van der Waals surface area contributed by atoms with E-state index in [1.165, 1.54) is 10.8 Å². The monoisotopic (exact) mass is 341 g/mol. The fraction of sp³-hybridized carbons (Fsp3) is 0.450. The summed E-state index contributed by atoms with van der Waals surface area (Å²) in [7, 11) is 0. The van der Waals surface area contributed by atoms with Crippen LogP contribution in [0.4, 0.5) is 0 Å². The smallest absolute Gasteiger partial charge is 0.234 e. The Morgan fingerprint density at radius 2 is 1.76 bits per heavy atom. The van der Waals surface area contributed by atoms with E-state index in [9.17, 15) is 4.79 Å². The first kappa shape index (κ1) is 17.9. The Bertz CT molecular complexity index is 711. The van der Waals surface area contributed by atoms with E-state index in [0.29, 0.717) is 6.54 Å². The molecule has 1 aliphatic rings. The molecule has 2 aromatic carbocycles. The van der Waals surface area contributed by atoms with Crippen molar-refractivity contribution >= 4 is 16.7 Å². The lowest BCUT2D eigenvalue weighted by Crippen LogP contribution is -2.50. The third-order valence-electron chi connectivity index (χ3n) is 4.90. The number of carbonyl (C=O) groups excluding carboxylic acids is 1. The number of benzene rings is 2. The van der Waals surface area contributed by atoms with Gasteiger partial charge in [-0.2, -0.15) is 0 Å². The van der Waals surface area contributed by atoms with Crippen LogP contribution < -0.4 is 5.32 Å². The van der Waals surface area contributed by atoms with E-state index in [2.05, 4.69) is 45.4 Å².